The maximum atomic E-state index is 13.0. The molecule has 1 aliphatic rings. The fraction of sp³-hybridized carbons (Fsp3) is 0.269. The molecule has 0 atom stereocenters. The number of aryl methyl sites for hydroxylation is 2. The van der Waals surface area contributed by atoms with Gasteiger partial charge < -0.3 is 19.0 Å². The van der Waals surface area contributed by atoms with Crippen molar-refractivity contribution in [1.29, 1.82) is 0 Å². The minimum absolute atomic E-state index is 0.130. The van der Waals surface area contributed by atoms with Crippen molar-refractivity contribution in [2.75, 3.05) is 5.32 Å². The largest absolute Gasteiger partial charge is 0.486 e. The molecule has 4 aromatic rings. The lowest BCUT2D eigenvalue weighted by molar-refractivity contribution is 0.0992. The summed E-state index contributed by atoms with van der Waals surface area (Å²) in [5.74, 6) is 2.35. The second-order valence-electron chi connectivity index (χ2n) is 8.39. The Morgan fingerprint density at radius 2 is 1.94 bits per heavy atom. The number of ether oxygens (including phenoxy) is 1. The van der Waals surface area contributed by atoms with Crippen molar-refractivity contribution < 1.29 is 18.3 Å². The van der Waals surface area contributed by atoms with Crippen LogP contribution in [0.25, 0.3) is 11.4 Å². The molecule has 1 N–H and O–H groups in total. The van der Waals surface area contributed by atoms with Crippen molar-refractivity contribution in [3.05, 3.63) is 83.3 Å². The highest BCUT2D eigenvalue weighted by Crippen LogP contribution is 2.27. The van der Waals surface area contributed by atoms with Gasteiger partial charge in [0, 0.05) is 24.2 Å². The zero-order valence-electron chi connectivity index (χ0n) is 18.9. The first-order valence-corrected chi connectivity index (χ1v) is 11.4. The van der Waals surface area contributed by atoms with E-state index in [0.717, 1.165) is 48.6 Å². The van der Waals surface area contributed by atoms with Crippen LogP contribution in [0.3, 0.4) is 0 Å². The van der Waals surface area contributed by atoms with Crippen LogP contribution in [0.4, 0.5) is 10.1 Å². The highest BCUT2D eigenvalue weighted by Gasteiger charge is 2.18. The summed E-state index contributed by atoms with van der Waals surface area (Å²) in [5.41, 5.74) is 2.53. The van der Waals surface area contributed by atoms with Crippen molar-refractivity contribution in [2.24, 2.45) is 0 Å². The molecule has 0 bridgehead atoms. The average molecular weight is 461 g/mol. The number of halogens is 1. The van der Waals surface area contributed by atoms with Crippen molar-refractivity contribution in [2.45, 2.75) is 45.8 Å². The van der Waals surface area contributed by atoms with Crippen LogP contribution in [0.2, 0.25) is 0 Å². The van der Waals surface area contributed by atoms with E-state index in [0.29, 0.717) is 17.2 Å². The van der Waals surface area contributed by atoms with E-state index in [4.69, 9.17) is 9.15 Å². The Kier molecular flexibility index (Phi) is 6.12. The predicted molar refractivity (Wildman–Crippen MR) is 125 cm³/mol. The summed E-state index contributed by atoms with van der Waals surface area (Å²) in [6.45, 7) is 2.97. The second kappa shape index (κ2) is 9.51. The monoisotopic (exact) mass is 460 g/mol. The van der Waals surface area contributed by atoms with E-state index >= 15 is 0 Å². The summed E-state index contributed by atoms with van der Waals surface area (Å²) in [4.78, 5) is 12.8. The molecule has 7 nitrogen and oxygen atoms in total. The van der Waals surface area contributed by atoms with Gasteiger partial charge in [0.25, 0.3) is 5.91 Å². The van der Waals surface area contributed by atoms with Gasteiger partial charge in [0.1, 0.15) is 29.8 Å². The van der Waals surface area contributed by atoms with Crippen molar-refractivity contribution in [3.63, 3.8) is 0 Å². The molecule has 3 heterocycles. The Morgan fingerprint density at radius 1 is 1.09 bits per heavy atom. The first kappa shape index (κ1) is 21.9. The number of nitrogens with one attached hydrogen (secondary N) is 1. The quantitative estimate of drug-likeness (QED) is 0.408. The van der Waals surface area contributed by atoms with Crippen molar-refractivity contribution >= 4 is 11.6 Å². The van der Waals surface area contributed by atoms with E-state index in [1.807, 2.05) is 25.1 Å². The Morgan fingerprint density at radius 3 is 2.79 bits per heavy atom. The minimum atomic E-state index is -0.353. The fourth-order valence-corrected chi connectivity index (χ4v) is 4.04. The third kappa shape index (κ3) is 4.71. The number of carbonyl (C=O) groups excluding carboxylic acids is 1. The summed E-state index contributed by atoms with van der Waals surface area (Å²) in [6.07, 6.45) is 4.37. The molecule has 1 aliphatic heterocycles. The number of hydrogen-bond donors (Lipinski definition) is 1. The molecule has 5 rings (SSSR count). The Balaban J connectivity index is 1.29. The maximum absolute atomic E-state index is 13.0. The lowest BCUT2D eigenvalue weighted by Crippen LogP contribution is -2.12. The highest BCUT2D eigenvalue weighted by atomic mass is 19.1. The predicted octanol–water partition coefficient (Wildman–Crippen LogP) is 5.54. The summed E-state index contributed by atoms with van der Waals surface area (Å²) in [5, 5.41) is 11.7. The summed E-state index contributed by atoms with van der Waals surface area (Å²) in [6, 6.07) is 14.9. The van der Waals surface area contributed by atoms with Crippen LogP contribution < -0.4 is 10.1 Å². The van der Waals surface area contributed by atoms with E-state index in [1.165, 1.54) is 30.7 Å². The zero-order chi connectivity index (χ0) is 23.5. The summed E-state index contributed by atoms with van der Waals surface area (Å²) >= 11 is 0. The van der Waals surface area contributed by atoms with Gasteiger partial charge in [-0.15, -0.1) is 10.2 Å². The second-order valence-corrected chi connectivity index (χ2v) is 8.39. The van der Waals surface area contributed by atoms with Gasteiger partial charge in [0.15, 0.2) is 11.6 Å². The molecule has 0 unspecified atom stereocenters. The van der Waals surface area contributed by atoms with Crippen LogP contribution in [0.15, 0.2) is 59.0 Å². The van der Waals surface area contributed by atoms with Gasteiger partial charge in [-0.3, -0.25) is 4.79 Å². The van der Waals surface area contributed by atoms with Crippen molar-refractivity contribution in [1.82, 2.24) is 14.8 Å². The Bertz CT molecular complexity index is 1310. The number of amides is 1. The van der Waals surface area contributed by atoms with Crippen LogP contribution in [0.5, 0.6) is 5.75 Å². The smallest absolute Gasteiger partial charge is 0.291 e. The van der Waals surface area contributed by atoms with Gasteiger partial charge in [0.05, 0.1) is 0 Å². The number of benzene rings is 2. The fourth-order valence-electron chi connectivity index (χ4n) is 4.04. The molecule has 0 saturated carbocycles. The number of anilines is 1. The number of nitrogens with zero attached hydrogens (tertiary/aromatic N) is 3. The van der Waals surface area contributed by atoms with Crippen LogP contribution >= 0.6 is 0 Å². The highest BCUT2D eigenvalue weighted by molar-refractivity contribution is 6.03. The van der Waals surface area contributed by atoms with Gasteiger partial charge in [-0.25, -0.2) is 4.39 Å². The first-order valence-electron chi connectivity index (χ1n) is 11.4. The molecule has 0 saturated heterocycles. The van der Waals surface area contributed by atoms with Gasteiger partial charge in [-0.05, 0) is 67.8 Å². The topological polar surface area (TPSA) is 82.2 Å². The molecule has 0 fully saturated rings. The third-order valence-electron chi connectivity index (χ3n) is 5.93. The van der Waals surface area contributed by atoms with E-state index in [9.17, 15) is 9.18 Å². The first-order chi connectivity index (χ1) is 16.6. The molecular formula is C26H25FN4O3. The normalized spacial score (nSPS) is 13.2. The molecule has 2 aromatic carbocycles. The Hall–Kier alpha value is -3.94. The standard InChI is InChI=1S/C26H25FN4O3/c1-17-6-7-18(25-30-29-24-5-3-2-4-14-31(24)25)15-22(17)28-26(32)23-13-12-21(34-23)16-33-20-10-8-19(27)9-11-20/h6-13,15H,2-5,14,16H2,1H3,(H,28,32). The van der Waals surface area contributed by atoms with Gasteiger partial charge >= 0.3 is 0 Å². The lowest BCUT2D eigenvalue weighted by Gasteiger charge is -2.11. The van der Waals surface area contributed by atoms with E-state index in [2.05, 4.69) is 20.1 Å². The maximum Gasteiger partial charge on any atom is 0.291 e. The Labute approximate surface area is 196 Å². The number of rotatable bonds is 6. The number of fused-ring (bicyclic) bond motifs is 1. The zero-order valence-corrected chi connectivity index (χ0v) is 18.9. The van der Waals surface area contributed by atoms with Gasteiger partial charge in [0.2, 0.25) is 0 Å². The van der Waals surface area contributed by atoms with Crippen LogP contribution in [-0.2, 0) is 19.6 Å². The molecule has 1 amide bonds. The summed E-state index contributed by atoms with van der Waals surface area (Å²) in [7, 11) is 0. The number of aromatic nitrogens is 3. The van der Waals surface area contributed by atoms with Crippen LogP contribution in [0.1, 0.15) is 47.0 Å². The SMILES string of the molecule is Cc1ccc(-c2nnc3n2CCCCC3)cc1NC(=O)c1ccc(COc2ccc(F)cc2)o1. The molecule has 2 aromatic heterocycles. The molecule has 34 heavy (non-hydrogen) atoms. The van der Waals surface area contributed by atoms with Gasteiger partial charge in [-0.1, -0.05) is 18.6 Å². The molecule has 0 radical (unpaired) electrons. The van der Waals surface area contributed by atoms with Crippen molar-refractivity contribution in [3.8, 4) is 17.1 Å². The van der Waals surface area contributed by atoms with E-state index in [1.54, 1.807) is 12.1 Å². The lowest BCUT2D eigenvalue weighted by atomic mass is 10.1. The van der Waals surface area contributed by atoms with E-state index in [-0.39, 0.29) is 24.1 Å². The number of hydrogen-bond acceptors (Lipinski definition) is 5. The third-order valence-corrected chi connectivity index (χ3v) is 5.93. The summed E-state index contributed by atoms with van der Waals surface area (Å²) < 4.78 is 26.4. The molecule has 8 heteroatoms. The number of furan rings is 1. The van der Waals surface area contributed by atoms with Crippen LogP contribution in [0, 0.1) is 12.7 Å². The average Bonchev–Trinajstić information content (AvgIpc) is 3.41. The molecule has 0 spiro atoms. The van der Waals surface area contributed by atoms with Gasteiger partial charge in [-0.2, -0.15) is 0 Å². The van der Waals surface area contributed by atoms with Crippen LogP contribution in [-0.4, -0.2) is 20.7 Å². The number of carbonyl (C=O) groups is 1. The minimum Gasteiger partial charge on any atom is -0.486 e. The molecule has 174 valence electrons. The molecule has 0 aliphatic carbocycles. The molecular weight excluding hydrogens is 435 g/mol. The van der Waals surface area contributed by atoms with E-state index < -0.39 is 0 Å².